The fraction of sp³-hybridized carbons (Fsp3) is 0.158. The second-order valence-corrected chi connectivity index (χ2v) is 5.27. The number of nitrogens with zero attached hydrogens (tertiary/aromatic N) is 2. The molecule has 3 aromatic rings. The molecule has 24 heavy (non-hydrogen) atoms. The van der Waals surface area contributed by atoms with Crippen LogP contribution in [0.1, 0.15) is 17.0 Å². The van der Waals surface area contributed by atoms with Crippen molar-refractivity contribution in [1.82, 2.24) is 10.1 Å². The van der Waals surface area contributed by atoms with Gasteiger partial charge in [-0.3, -0.25) is 0 Å². The summed E-state index contributed by atoms with van der Waals surface area (Å²) in [6.07, 6.45) is 3.66. The Balaban J connectivity index is 1.80. The molecule has 122 valence electrons. The average Bonchev–Trinajstić information content (AvgIpc) is 3.08. The lowest BCUT2D eigenvalue weighted by molar-refractivity contribution is 0.355. The maximum atomic E-state index is 5.29. The van der Waals surface area contributed by atoms with Crippen molar-refractivity contribution in [3.8, 4) is 22.9 Å². The van der Waals surface area contributed by atoms with Crippen molar-refractivity contribution in [2.24, 2.45) is 0 Å². The van der Waals surface area contributed by atoms with E-state index in [1.54, 1.807) is 20.3 Å². The van der Waals surface area contributed by atoms with Crippen LogP contribution in [0, 0.1) is 6.92 Å². The van der Waals surface area contributed by atoms with Crippen LogP contribution in [0.5, 0.6) is 11.5 Å². The zero-order valence-corrected chi connectivity index (χ0v) is 13.8. The van der Waals surface area contributed by atoms with E-state index in [0.717, 1.165) is 16.7 Å². The lowest BCUT2D eigenvalue weighted by Gasteiger charge is -2.07. The van der Waals surface area contributed by atoms with Gasteiger partial charge in [-0.15, -0.1) is 0 Å². The van der Waals surface area contributed by atoms with Gasteiger partial charge in [0.25, 0.3) is 5.89 Å². The van der Waals surface area contributed by atoms with Crippen LogP contribution >= 0.6 is 0 Å². The molecule has 3 rings (SSSR count). The number of aromatic nitrogens is 2. The minimum absolute atomic E-state index is 0.446. The van der Waals surface area contributed by atoms with Gasteiger partial charge in [0, 0.05) is 11.6 Å². The zero-order chi connectivity index (χ0) is 16.9. The van der Waals surface area contributed by atoms with Crippen molar-refractivity contribution in [3.63, 3.8) is 0 Å². The molecule has 1 aromatic heterocycles. The molecule has 0 bridgehead atoms. The lowest BCUT2D eigenvalue weighted by atomic mass is 10.1. The number of hydrogen-bond acceptors (Lipinski definition) is 5. The summed E-state index contributed by atoms with van der Waals surface area (Å²) in [4.78, 5) is 4.39. The van der Waals surface area contributed by atoms with Crippen molar-refractivity contribution in [3.05, 3.63) is 59.5 Å². The van der Waals surface area contributed by atoms with Crippen LogP contribution in [-0.2, 0) is 0 Å². The fourth-order valence-electron chi connectivity index (χ4n) is 2.33. The second kappa shape index (κ2) is 7.00. The van der Waals surface area contributed by atoms with E-state index in [1.807, 2.05) is 55.5 Å². The van der Waals surface area contributed by atoms with Crippen molar-refractivity contribution in [2.75, 3.05) is 14.2 Å². The quantitative estimate of drug-likeness (QED) is 0.703. The number of benzene rings is 2. The van der Waals surface area contributed by atoms with Crippen molar-refractivity contribution < 1.29 is 14.0 Å². The van der Waals surface area contributed by atoms with Crippen molar-refractivity contribution in [2.45, 2.75) is 6.92 Å². The topological polar surface area (TPSA) is 57.4 Å². The predicted octanol–water partition coefficient (Wildman–Crippen LogP) is 4.23. The van der Waals surface area contributed by atoms with Gasteiger partial charge < -0.3 is 14.0 Å². The molecule has 0 aliphatic heterocycles. The molecule has 0 fully saturated rings. The highest BCUT2D eigenvalue weighted by molar-refractivity contribution is 5.68. The third-order valence-corrected chi connectivity index (χ3v) is 3.54. The Kier molecular flexibility index (Phi) is 4.61. The summed E-state index contributed by atoms with van der Waals surface area (Å²) in [6, 6.07) is 13.6. The first-order valence-electron chi connectivity index (χ1n) is 7.50. The second-order valence-electron chi connectivity index (χ2n) is 5.27. The Hall–Kier alpha value is -3.08. The van der Waals surface area contributed by atoms with Crippen LogP contribution in [0.3, 0.4) is 0 Å². The minimum atomic E-state index is 0.446. The molecule has 0 N–H and O–H groups in total. The molecule has 0 saturated heterocycles. The number of ether oxygens (including phenoxy) is 2. The van der Waals surface area contributed by atoms with E-state index >= 15 is 0 Å². The normalized spacial score (nSPS) is 11.0. The SMILES string of the molecule is COc1ccc(C=Cc2nc(-c3cccc(C)c3)no2)cc1OC. The van der Waals surface area contributed by atoms with E-state index in [2.05, 4.69) is 10.1 Å². The Morgan fingerprint density at radius 1 is 0.958 bits per heavy atom. The molecule has 0 amide bonds. The molecular weight excluding hydrogens is 304 g/mol. The monoisotopic (exact) mass is 322 g/mol. The van der Waals surface area contributed by atoms with Gasteiger partial charge in [0.05, 0.1) is 14.2 Å². The molecule has 0 spiro atoms. The van der Waals surface area contributed by atoms with Gasteiger partial charge in [-0.2, -0.15) is 4.98 Å². The highest BCUT2D eigenvalue weighted by Crippen LogP contribution is 2.28. The summed E-state index contributed by atoms with van der Waals surface area (Å²) in [5, 5.41) is 4.02. The maximum absolute atomic E-state index is 5.29. The molecule has 2 aromatic carbocycles. The molecule has 0 unspecified atom stereocenters. The molecule has 5 nitrogen and oxygen atoms in total. The lowest BCUT2D eigenvalue weighted by Crippen LogP contribution is -1.90. The van der Waals surface area contributed by atoms with Crippen LogP contribution in [0.25, 0.3) is 23.5 Å². The Morgan fingerprint density at radius 3 is 2.54 bits per heavy atom. The van der Waals surface area contributed by atoms with Gasteiger partial charge in [0.2, 0.25) is 5.82 Å². The van der Waals surface area contributed by atoms with Crippen LogP contribution in [0.4, 0.5) is 0 Å². The summed E-state index contributed by atoms with van der Waals surface area (Å²) in [5.41, 5.74) is 3.03. The summed E-state index contributed by atoms with van der Waals surface area (Å²) < 4.78 is 15.8. The van der Waals surface area contributed by atoms with Gasteiger partial charge in [0.1, 0.15) is 0 Å². The van der Waals surface area contributed by atoms with E-state index in [4.69, 9.17) is 14.0 Å². The van der Waals surface area contributed by atoms with E-state index in [0.29, 0.717) is 23.2 Å². The summed E-state index contributed by atoms with van der Waals surface area (Å²) >= 11 is 0. The van der Waals surface area contributed by atoms with Gasteiger partial charge in [-0.1, -0.05) is 35.0 Å². The number of rotatable bonds is 5. The third kappa shape index (κ3) is 3.46. The maximum Gasteiger partial charge on any atom is 0.250 e. The summed E-state index contributed by atoms with van der Waals surface area (Å²) in [5.74, 6) is 2.38. The van der Waals surface area contributed by atoms with Gasteiger partial charge in [-0.05, 0) is 36.8 Å². The standard InChI is InChI=1S/C19H18N2O3/c1-13-5-4-6-15(11-13)19-20-18(24-21-19)10-8-14-7-9-16(22-2)17(12-14)23-3/h4-12H,1-3H3. The van der Waals surface area contributed by atoms with E-state index in [1.165, 1.54) is 0 Å². The van der Waals surface area contributed by atoms with Gasteiger partial charge in [-0.25, -0.2) is 0 Å². The predicted molar refractivity (Wildman–Crippen MR) is 92.9 cm³/mol. The van der Waals surface area contributed by atoms with Crippen LogP contribution < -0.4 is 9.47 Å². The van der Waals surface area contributed by atoms with Crippen molar-refractivity contribution >= 4 is 12.2 Å². The van der Waals surface area contributed by atoms with E-state index in [-0.39, 0.29) is 0 Å². The molecule has 0 radical (unpaired) electrons. The highest BCUT2D eigenvalue weighted by atomic mass is 16.5. The fourth-order valence-corrected chi connectivity index (χ4v) is 2.33. The van der Waals surface area contributed by atoms with Crippen LogP contribution in [0.2, 0.25) is 0 Å². The molecule has 5 heteroatoms. The first kappa shape index (κ1) is 15.8. The van der Waals surface area contributed by atoms with Gasteiger partial charge >= 0.3 is 0 Å². The number of methoxy groups -OCH3 is 2. The largest absolute Gasteiger partial charge is 0.493 e. The molecule has 0 atom stereocenters. The summed E-state index contributed by atoms with van der Waals surface area (Å²) in [6.45, 7) is 2.03. The van der Waals surface area contributed by atoms with Crippen LogP contribution in [-0.4, -0.2) is 24.4 Å². The zero-order valence-electron chi connectivity index (χ0n) is 13.8. The minimum Gasteiger partial charge on any atom is -0.493 e. The van der Waals surface area contributed by atoms with Crippen molar-refractivity contribution in [1.29, 1.82) is 0 Å². The number of hydrogen-bond donors (Lipinski definition) is 0. The first-order valence-corrected chi connectivity index (χ1v) is 7.50. The van der Waals surface area contributed by atoms with Crippen LogP contribution in [0.15, 0.2) is 47.0 Å². The summed E-state index contributed by atoms with van der Waals surface area (Å²) in [7, 11) is 3.22. The molecule has 0 saturated carbocycles. The number of aryl methyl sites for hydroxylation is 1. The first-order chi connectivity index (χ1) is 11.7. The highest BCUT2D eigenvalue weighted by Gasteiger charge is 2.07. The third-order valence-electron chi connectivity index (χ3n) is 3.54. The molecule has 0 aliphatic carbocycles. The Labute approximate surface area is 140 Å². The van der Waals surface area contributed by atoms with Gasteiger partial charge in [0.15, 0.2) is 11.5 Å². The Morgan fingerprint density at radius 2 is 1.79 bits per heavy atom. The molecule has 1 heterocycles. The molecule has 0 aliphatic rings. The van der Waals surface area contributed by atoms with E-state index < -0.39 is 0 Å². The molecular formula is C19H18N2O3. The average molecular weight is 322 g/mol. The smallest absolute Gasteiger partial charge is 0.250 e. The van der Waals surface area contributed by atoms with E-state index in [9.17, 15) is 0 Å². The Bertz CT molecular complexity index is 869.